The fourth-order valence-electron chi connectivity index (χ4n) is 1.57. The van der Waals surface area contributed by atoms with Crippen LogP contribution < -0.4 is 0 Å². The first-order valence-electron chi connectivity index (χ1n) is 5.30. The quantitative estimate of drug-likeness (QED) is 0.811. The second-order valence-electron chi connectivity index (χ2n) is 4.23. The van der Waals surface area contributed by atoms with Crippen LogP contribution in [0.25, 0.3) is 5.82 Å². The van der Waals surface area contributed by atoms with Crippen molar-refractivity contribution in [2.24, 2.45) is 5.92 Å². The molecule has 2 aromatic heterocycles. The van der Waals surface area contributed by atoms with E-state index in [4.69, 9.17) is 0 Å². The SMILES string of the molecule is CC(C)Cc1ccc(-n2cc(I)cn2)nc1. The van der Waals surface area contributed by atoms with Crippen molar-refractivity contribution in [2.45, 2.75) is 20.3 Å². The maximum Gasteiger partial charge on any atom is 0.153 e. The van der Waals surface area contributed by atoms with Gasteiger partial charge in [-0.25, -0.2) is 9.67 Å². The highest BCUT2D eigenvalue weighted by atomic mass is 127. The zero-order valence-electron chi connectivity index (χ0n) is 9.39. The minimum absolute atomic E-state index is 0.665. The maximum absolute atomic E-state index is 4.41. The summed E-state index contributed by atoms with van der Waals surface area (Å²) in [6, 6.07) is 4.14. The van der Waals surface area contributed by atoms with Crippen LogP contribution in [0.2, 0.25) is 0 Å². The summed E-state index contributed by atoms with van der Waals surface area (Å²) in [6.07, 6.45) is 6.79. The van der Waals surface area contributed by atoms with E-state index in [1.165, 1.54) is 5.56 Å². The molecule has 0 aromatic carbocycles. The van der Waals surface area contributed by atoms with Crippen molar-refractivity contribution in [3.05, 3.63) is 39.9 Å². The Labute approximate surface area is 109 Å². The monoisotopic (exact) mass is 327 g/mol. The van der Waals surface area contributed by atoms with Crippen molar-refractivity contribution < 1.29 is 0 Å². The van der Waals surface area contributed by atoms with Gasteiger partial charge in [0.1, 0.15) is 0 Å². The lowest BCUT2D eigenvalue weighted by atomic mass is 10.1. The smallest absolute Gasteiger partial charge is 0.153 e. The largest absolute Gasteiger partial charge is 0.237 e. The number of halogens is 1. The molecule has 0 saturated carbocycles. The Kier molecular flexibility index (Phi) is 3.58. The van der Waals surface area contributed by atoms with Crippen LogP contribution >= 0.6 is 22.6 Å². The van der Waals surface area contributed by atoms with E-state index in [1.807, 2.05) is 24.7 Å². The normalized spacial score (nSPS) is 11.0. The number of rotatable bonds is 3. The van der Waals surface area contributed by atoms with Gasteiger partial charge in [0.05, 0.1) is 9.77 Å². The van der Waals surface area contributed by atoms with E-state index in [2.05, 4.69) is 52.6 Å². The van der Waals surface area contributed by atoms with Gasteiger partial charge in [-0.2, -0.15) is 5.10 Å². The topological polar surface area (TPSA) is 30.7 Å². The zero-order chi connectivity index (χ0) is 11.5. The molecular formula is C12H14IN3. The molecule has 3 nitrogen and oxygen atoms in total. The number of aromatic nitrogens is 3. The van der Waals surface area contributed by atoms with Gasteiger partial charge in [-0.1, -0.05) is 19.9 Å². The molecule has 0 fully saturated rings. The van der Waals surface area contributed by atoms with Crippen LogP contribution in [-0.4, -0.2) is 14.8 Å². The Hall–Kier alpha value is -0.910. The minimum atomic E-state index is 0.665. The molecule has 0 bridgehead atoms. The van der Waals surface area contributed by atoms with Gasteiger partial charge in [0.2, 0.25) is 0 Å². The van der Waals surface area contributed by atoms with Crippen LogP contribution in [0.4, 0.5) is 0 Å². The van der Waals surface area contributed by atoms with Crippen LogP contribution in [0.1, 0.15) is 19.4 Å². The van der Waals surface area contributed by atoms with Gasteiger partial charge in [0.15, 0.2) is 5.82 Å². The summed E-state index contributed by atoms with van der Waals surface area (Å²) < 4.78 is 2.91. The number of nitrogens with zero attached hydrogens (tertiary/aromatic N) is 3. The van der Waals surface area contributed by atoms with E-state index in [9.17, 15) is 0 Å². The average Bonchev–Trinajstić information content (AvgIpc) is 2.65. The summed E-state index contributed by atoms with van der Waals surface area (Å²) in [5, 5.41) is 4.22. The molecule has 0 spiro atoms. The Morgan fingerprint density at radius 2 is 2.12 bits per heavy atom. The van der Waals surface area contributed by atoms with Crippen LogP contribution in [0.5, 0.6) is 0 Å². The molecule has 0 saturated heterocycles. The van der Waals surface area contributed by atoms with Crippen molar-refractivity contribution in [3.8, 4) is 5.82 Å². The predicted molar refractivity (Wildman–Crippen MR) is 72.6 cm³/mol. The molecule has 16 heavy (non-hydrogen) atoms. The Morgan fingerprint density at radius 1 is 1.31 bits per heavy atom. The van der Waals surface area contributed by atoms with Crippen molar-refractivity contribution in [1.29, 1.82) is 0 Å². The second kappa shape index (κ2) is 4.95. The lowest BCUT2D eigenvalue weighted by Gasteiger charge is -2.05. The molecule has 0 amide bonds. The van der Waals surface area contributed by atoms with E-state index in [-0.39, 0.29) is 0 Å². The van der Waals surface area contributed by atoms with Crippen molar-refractivity contribution in [2.75, 3.05) is 0 Å². The molecule has 2 heterocycles. The number of hydrogen-bond acceptors (Lipinski definition) is 2. The summed E-state index contributed by atoms with van der Waals surface area (Å²) in [5.41, 5.74) is 1.28. The second-order valence-corrected chi connectivity index (χ2v) is 5.47. The summed E-state index contributed by atoms with van der Waals surface area (Å²) >= 11 is 2.24. The first kappa shape index (κ1) is 11.6. The highest BCUT2D eigenvalue weighted by Gasteiger charge is 2.02. The number of hydrogen-bond donors (Lipinski definition) is 0. The summed E-state index contributed by atoms with van der Waals surface area (Å²) in [6.45, 7) is 4.42. The molecular weight excluding hydrogens is 313 g/mol. The molecule has 2 rings (SSSR count). The molecule has 0 aliphatic carbocycles. The summed E-state index contributed by atoms with van der Waals surface area (Å²) in [4.78, 5) is 4.41. The van der Waals surface area contributed by atoms with Crippen LogP contribution in [-0.2, 0) is 6.42 Å². The van der Waals surface area contributed by atoms with E-state index in [0.29, 0.717) is 5.92 Å². The highest BCUT2D eigenvalue weighted by molar-refractivity contribution is 14.1. The standard InChI is InChI=1S/C12H14IN3/c1-9(2)5-10-3-4-12(14-6-10)16-8-11(13)7-15-16/h3-4,6-9H,5H2,1-2H3. The predicted octanol–water partition coefficient (Wildman–Crippen LogP) is 3.07. The third-order valence-electron chi connectivity index (χ3n) is 2.24. The molecule has 84 valence electrons. The average molecular weight is 327 g/mol. The van der Waals surface area contributed by atoms with Gasteiger partial charge in [0, 0.05) is 12.4 Å². The lowest BCUT2D eigenvalue weighted by Crippen LogP contribution is -2.00. The van der Waals surface area contributed by atoms with E-state index >= 15 is 0 Å². The highest BCUT2D eigenvalue weighted by Crippen LogP contribution is 2.10. The van der Waals surface area contributed by atoms with Gasteiger partial charge >= 0.3 is 0 Å². The molecule has 0 N–H and O–H groups in total. The maximum atomic E-state index is 4.41. The van der Waals surface area contributed by atoms with Crippen molar-refractivity contribution >= 4 is 22.6 Å². The van der Waals surface area contributed by atoms with E-state index in [0.717, 1.165) is 15.8 Å². The zero-order valence-corrected chi connectivity index (χ0v) is 11.5. The minimum Gasteiger partial charge on any atom is -0.237 e. The van der Waals surface area contributed by atoms with E-state index in [1.54, 1.807) is 4.68 Å². The van der Waals surface area contributed by atoms with Gasteiger partial charge in [-0.15, -0.1) is 0 Å². The molecule has 0 unspecified atom stereocenters. The van der Waals surface area contributed by atoms with E-state index < -0.39 is 0 Å². The Balaban J connectivity index is 2.19. The first-order chi connectivity index (χ1) is 7.65. The molecule has 0 radical (unpaired) electrons. The molecule has 4 heteroatoms. The Morgan fingerprint density at radius 3 is 2.62 bits per heavy atom. The van der Waals surface area contributed by atoms with Crippen LogP contribution in [0.3, 0.4) is 0 Å². The lowest BCUT2D eigenvalue weighted by molar-refractivity contribution is 0.645. The first-order valence-corrected chi connectivity index (χ1v) is 6.38. The van der Waals surface area contributed by atoms with Gasteiger partial charge in [0.25, 0.3) is 0 Å². The van der Waals surface area contributed by atoms with Crippen molar-refractivity contribution in [3.63, 3.8) is 0 Å². The fourth-order valence-corrected chi connectivity index (χ4v) is 1.96. The van der Waals surface area contributed by atoms with Gasteiger partial charge in [-0.05, 0) is 46.6 Å². The van der Waals surface area contributed by atoms with Crippen LogP contribution in [0.15, 0.2) is 30.7 Å². The molecule has 2 aromatic rings. The van der Waals surface area contributed by atoms with Gasteiger partial charge in [-0.3, -0.25) is 0 Å². The van der Waals surface area contributed by atoms with Gasteiger partial charge < -0.3 is 0 Å². The summed E-state index contributed by atoms with van der Waals surface area (Å²) in [7, 11) is 0. The Bertz CT molecular complexity index is 459. The summed E-state index contributed by atoms with van der Waals surface area (Å²) in [5.74, 6) is 1.54. The third kappa shape index (κ3) is 2.81. The molecule has 0 atom stereocenters. The molecule has 0 aliphatic rings. The van der Waals surface area contributed by atoms with Crippen LogP contribution in [0, 0.1) is 9.49 Å². The van der Waals surface area contributed by atoms with Crippen molar-refractivity contribution in [1.82, 2.24) is 14.8 Å². The number of pyridine rings is 1. The fraction of sp³-hybridized carbons (Fsp3) is 0.333. The molecule has 0 aliphatic heterocycles. The third-order valence-corrected chi connectivity index (χ3v) is 2.80.